The molecule has 1 aliphatic carbocycles. The molecule has 2 amide bonds. The van der Waals surface area contributed by atoms with Crippen molar-refractivity contribution in [1.29, 1.82) is 0 Å². The van der Waals surface area contributed by atoms with Gasteiger partial charge in [0, 0.05) is 40.9 Å². The third kappa shape index (κ3) is 6.45. The maximum absolute atomic E-state index is 16.1. The molecule has 5 rings (SSSR count). The minimum absolute atomic E-state index is 0.178. The molecule has 1 atom stereocenters. The highest BCUT2D eigenvalue weighted by Gasteiger charge is 2.30. The molecule has 4 aromatic rings. The van der Waals surface area contributed by atoms with Crippen LogP contribution in [0.15, 0.2) is 48.5 Å². The minimum atomic E-state index is -0.621. The van der Waals surface area contributed by atoms with Crippen LogP contribution in [0, 0.1) is 12.7 Å². The largest absolute Gasteiger partial charge is 0.497 e. The van der Waals surface area contributed by atoms with Gasteiger partial charge < -0.3 is 29.8 Å². The van der Waals surface area contributed by atoms with Gasteiger partial charge in [0.05, 0.1) is 25.3 Å². The number of nitrogens with one attached hydrogen (secondary N) is 3. The zero-order chi connectivity index (χ0) is 30.9. The van der Waals surface area contributed by atoms with Gasteiger partial charge in [-0.3, -0.25) is 4.79 Å². The van der Waals surface area contributed by atoms with Crippen molar-refractivity contribution >= 4 is 22.9 Å². The summed E-state index contributed by atoms with van der Waals surface area (Å²) in [7, 11) is 3.12. The van der Waals surface area contributed by atoms with E-state index in [-0.39, 0.29) is 18.2 Å². The van der Waals surface area contributed by atoms with Crippen LogP contribution in [0.25, 0.3) is 22.0 Å². The van der Waals surface area contributed by atoms with Crippen LogP contribution < -0.4 is 20.1 Å². The van der Waals surface area contributed by atoms with Gasteiger partial charge in [0.15, 0.2) is 0 Å². The highest BCUT2D eigenvalue weighted by atomic mass is 19.1. The number of alkyl carbamates (subject to hydrolysis) is 1. The van der Waals surface area contributed by atoms with E-state index in [0.717, 1.165) is 27.9 Å². The number of carbonyl (C=O) groups excluding carboxylic acids is 2. The molecule has 0 spiro atoms. The Labute approximate surface area is 250 Å². The maximum atomic E-state index is 16.1. The monoisotopic (exact) mass is 587 g/mol. The van der Waals surface area contributed by atoms with Crippen molar-refractivity contribution in [2.24, 2.45) is 0 Å². The fraction of sp³-hybridized carbons (Fsp3) is 0.353. The average molecular weight is 588 g/mol. The predicted molar refractivity (Wildman–Crippen MR) is 164 cm³/mol. The van der Waals surface area contributed by atoms with Crippen LogP contribution in [0.2, 0.25) is 0 Å². The SMILES string of the molecule is COc1ccc(CNC(=O)c2cc(F)c(-c3cccc(C)c3)c3c4c([nH]c23)CCC(NC(=O)OC(C)(C)C)C4)c(OC)c1. The van der Waals surface area contributed by atoms with Crippen molar-refractivity contribution in [3.05, 3.63) is 82.3 Å². The summed E-state index contributed by atoms with van der Waals surface area (Å²) in [5, 5.41) is 6.57. The van der Waals surface area contributed by atoms with Crippen LogP contribution in [0.3, 0.4) is 0 Å². The molecule has 9 heteroatoms. The first-order valence-electron chi connectivity index (χ1n) is 14.4. The summed E-state index contributed by atoms with van der Waals surface area (Å²) in [6.07, 6.45) is 1.30. The molecule has 43 heavy (non-hydrogen) atoms. The van der Waals surface area contributed by atoms with Crippen molar-refractivity contribution in [1.82, 2.24) is 15.6 Å². The van der Waals surface area contributed by atoms with Gasteiger partial charge in [0.25, 0.3) is 5.91 Å². The molecule has 3 N–H and O–H groups in total. The number of aryl methyl sites for hydroxylation is 2. The Balaban J connectivity index is 1.54. The molecule has 3 aromatic carbocycles. The Kier molecular flexibility index (Phi) is 8.35. The van der Waals surface area contributed by atoms with Gasteiger partial charge in [-0.15, -0.1) is 0 Å². The smallest absolute Gasteiger partial charge is 0.407 e. The minimum Gasteiger partial charge on any atom is -0.497 e. The quantitative estimate of drug-likeness (QED) is 0.226. The number of fused-ring (bicyclic) bond motifs is 3. The molecule has 1 unspecified atom stereocenters. The molecule has 1 aliphatic rings. The molecule has 226 valence electrons. The van der Waals surface area contributed by atoms with Crippen molar-refractivity contribution in [3.8, 4) is 22.6 Å². The number of rotatable bonds is 7. The standard InChI is InChI=1S/C34H38FN3O5/c1-19-8-7-9-20(14-19)29-26(35)17-25(32(39)36-18-21-10-12-23(41-5)16-28(21)42-6)31-30(29)24-15-22(11-13-27(24)38-31)37-33(40)43-34(2,3)4/h7-10,12,14,16-17,22,38H,11,13,15,18H2,1-6H3,(H,36,39)(H,37,40). The molecule has 1 heterocycles. The molecule has 0 aliphatic heterocycles. The van der Waals surface area contributed by atoms with Crippen LogP contribution in [0.4, 0.5) is 9.18 Å². The number of benzene rings is 3. The number of amides is 2. The van der Waals surface area contributed by atoms with E-state index in [2.05, 4.69) is 15.6 Å². The molecule has 0 bridgehead atoms. The van der Waals surface area contributed by atoms with Crippen LogP contribution >= 0.6 is 0 Å². The lowest BCUT2D eigenvalue weighted by Gasteiger charge is -2.26. The highest BCUT2D eigenvalue weighted by molar-refractivity contribution is 6.11. The normalized spacial score (nSPS) is 14.6. The van der Waals surface area contributed by atoms with Gasteiger partial charge in [0.2, 0.25) is 0 Å². The van der Waals surface area contributed by atoms with E-state index < -0.39 is 23.4 Å². The molecule has 0 radical (unpaired) electrons. The Morgan fingerprint density at radius 2 is 1.86 bits per heavy atom. The Morgan fingerprint density at radius 1 is 1.07 bits per heavy atom. The summed E-state index contributed by atoms with van der Waals surface area (Å²) in [5.74, 6) is 0.303. The summed E-state index contributed by atoms with van der Waals surface area (Å²) in [6, 6.07) is 14.1. The number of hydrogen-bond acceptors (Lipinski definition) is 5. The van der Waals surface area contributed by atoms with Crippen LogP contribution in [0.5, 0.6) is 11.5 Å². The molecule has 0 fully saturated rings. The van der Waals surface area contributed by atoms with E-state index in [9.17, 15) is 9.59 Å². The summed E-state index contributed by atoms with van der Waals surface area (Å²) < 4.78 is 32.4. The van der Waals surface area contributed by atoms with Gasteiger partial charge in [-0.25, -0.2) is 9.18 Å². The van der Waals surface area contributed by atoms with Crippen molar-refractivity contribution in [2.45, 2.75) is 65.1 Å². The topological polar surface area (TPSA) is 102 Å². The van der Waals surface area contributed by atoms with Crippen molar-refractivity contribution in [2.75, 3.05) is 14.2 Å². The maximum Gasteiger partial charge on any atom is 0.407 e. The molecule has 0 saturated carbocycles. The first kappa shape index (κ1) is 29.9. The number of halogens is 1. The van der Waals surface area contributed by atoms with Crippen molar-refractivity contribution in [3.63, 3.8) is 0 Å². The summed E-state index contributed by atoms with van der Waals surface area (Å²) in [5.41, 5.74) is 4.89. The number of hydrogen-bond donors (Lipinski definition) is 3. The lowest BCUT2D eigenvalue weighted by Crippen LogP contribution is -2.41. The number of H-pyrrole nitrogens is 1. The second kappa shape index (κ2) is 12.0. The third-order valence-electron chi connectivity index (χ3n) is 7.62. The number of aromatic amines is 1. The van der Waals surface area contributed by atoms with Gasteiger partial charge in [-0.2, -0.15) is 0 Å². The summed E-state index contributed by atoms with van der Waals surface area (Å²) in [4.78, 5) is 29.6. The average Bonchev–Trinajstić information content (AvgIpc) is 3.32. The lowest BCUT2D eigenvalue weighted by atomic mass is 9.87. The number of ether oxygens (including phenoxy) is 3. The van der Waals surface area contributed by atoms with Gasteiger partial charge in [-0.05, 0) is 76.3 Å². The number of aromatic nitrogens is 1. The fourth-order valence-electron chi connectivity index (χ4n) is 5.69. The second-order valence-corrected chi connectivity index (χ2v) is 11.9. The van der Waals surface area contributed by atoms with Crippen LogP contribution in [0.1, 0.15) is 59.9 Å². The molecule has 1 aromatic heterocycles. The highest BCUT2D eigenvalue weighted by Crippen LogP contribution is 2.40. The van der Waals surface area contributed by atoms with E-state index in [0.29, 0.717) is 47.2 Å². The molecular weight excluding hydrogens is 549 g/mol. The first-order chi connectivity index (χ1) is 20.5. The fourth-order valence-corrected chi connectivity index (χ4v) is 5.69. The van der Waals surface area contributed by atoms with Crippen LogP contribution in [-0.2, 0) is 24.1 Å². The van der Waals surface area contributed by atoms with Crippen LogP contribution in [-0.4, -0.2) is 42.8 Å². The van der Waals surface area contributed by atoms with E-state index in [1.54, 1.807) is 26.4 Å². The Morgan fingerprint density at radius 3 is 2.56 bits per heavy atom. The van der Waals surface area contributed by atoms with E-state index in [4.69, 9.17) is 14.2 Å². The molecule has 8 nitrogen and oxygen atoms in total. The zero-order valence-corrected chi connectivity index (χ0v) is 25.4. The van der Waals surface area contributed by atoms with Gasteiger partial charge in [0.1, 0.15) is 22.9 Å². The third-order valence-corrected chi connectivity index (χ3v) is 7.62. The molecule has 0 saturated heterocycles. The van der Waals surface area contributed by atoms with E-state index in [1.807, 2.05) is 58.0 Å². The summed E-state index contributed by atoms with van der Waals surface area (Å²) >= 11 is 0. The van der Waals surface area contributed by atoms with Crippen molar-refractivity contribution < 1.29 is 28.2 Å². The number of methoxy groups -OCH3 is 2. The zero-order valence-electron chi connectivity index (χ0n) is 25.4. The number of carbonyl (C=O) groups is 2. The lowest BCUT2D eigenvalue weighted by molar-refractivity contribution is 0.0500. The predicted octanol–water partition coefficient (Wildman–Crippen LogP) is 6.61. The Bertz CT molecular complexity index is 1690. The Hall–Kier alpha value is -4.53. The summed E-state index contributed by atoms with van der Waals surface area (Å²) in [6.45, 7) is 7.59. The molecular formula is C34H38FN3O5. The van der Waals surface area contributed by atoms with Gasteiger partial charge >= 0.3 is 6.09 Å². The second-order valence-electron chi connectivity index (χ2n) is 11.9. The first-order valence-corrected chi connectivity index (χ1v) is 14.4. The van der Waals surface area contributed by atoms with E-state index >= 15 is 4.39 Å². The van der Waals surface area contributed by atoms with Gasteiger partial charge in [-0.1, -0.05) is 29.8 Å². The van der Waals surface area contributed by atoms with E-state index in [1.165, 1.54) is 6.07 Å².